The lowest BCUT2D eigenvalue weighted by Gasteiger charge is -2.22. The van der Waals surface area contributed by atoms with Gasteiger partial charge in [0.15, 0.2) is 0 Å². The molecule has 0 aliphatic carbocycles. The second kappa shape index (κ2) is 10.5. The molecule has 0 aliphatic rings. The first-order chi connectivity index (χ1) is 14.1. The molecule has 0 bridgehead atoms. The average Bonchev–Trinajstić information content (AvgIpc) is 3.07. The maximum Gasteiger partial charge on any atom is 0.227 e. The smallest absolute Gasteiger partial charge is 0.227 e. The Morgan fingerprint density at radius 3 is 2.41 bits per heavy atom. The summed E-state index contributed by atoms with van der Waals surface area (Å²) in [7, 11) is 0. The zero-order valence-corrected chi connectivity index (χ0v) is 18.7. The highest BCUT2D eigenvalue weighted by Crippen LogP contribution is 2.26. The van der Waals surface area contributed by atoms with E-state index in [0.29, 0.717) is 6.42 Å². The summed E-state index contributed by atoms with van der Waals surface area (Å²) >= 11 is 1.70. The number of thiazole rings is 1. The van der Waals surface area contributed by atoms with Crippen molar-refractivity contribution in [2.45, 2.75) is 59.3 Å². The number of fused-ring (bicyclic) bond motifs is 1. The number of aromatic nitrogens is 1. The molecule has 0 radical (unpaired) electrons. The van der Waals surface area contributed by atoms with E-state index in [9.17, 15) is 4.79 Å². The monoisotopic (exact) mass is 408 g/mol. The van der Waals surface area contributed by atoms with Gasteiger partial charge in [0.1, 0.15) is 0 Å². The van der Waals surface area contributed by atoms with Crippen LogP contribution >= 0.6 is 11.3 Å². The quantitative estimate of drug-likeness (QED) is 0.402. The van der Waals surface area contributed by atoms with Gasteiger partial charge < -0.3 is 4.90 Å². The fourth-order valence-electron chi connectivity index (χ4n) is 3.65. The molecule has 1 aromatic heterocycles. The van der Waals surface area contributed by atoms with Crippen molar-refractivity contribution in [2.24, 2.45) is 0 Å². The van der Waals surface area contributed by atoms with Crippen LogP contribution in [0.2, 0.25) is 0 Å². The third kappa shape index (κ3) is 5.66. The zero-order chi connectivity index (χ0) is 20.6. The lowest BCUT2D eigenvalue weighted by molar-refractivity contribution is -0.130. The minimum Gasteiger partial charge on any atom is -0.342 e. The summed E-state index contributed by atoms with van der Waals surface area (Å²) in [6.45, 7) is 8.13. The van der Waals surface area contributed by atoms with Gasteiger partial charge in [0.25, 0.3) is 0 Å². The summed E-state index contributed by atoms with van der Waals surface area (Å²) in [6.07, 6.45) is 5.67. The number of amides is 1. The number of rotatable bonds is 10. The predicted molar refractivity (Wildman–Crippen MR) is 124 cm³/mol. The van der Waals surface area contributed by atoms with Gasteiger partial charge in [0.05, 0.1) is 17.1 Å². The molecule has 0 saturated carbocycles. The van der Waals surface area contributed by atoms with E-state index in [4.69, 9.17) is 4.98 Å². The van der Waals surface area contributed by atoms with Crippen molar-refractivity contribution < 1.29 is 4.79 Å². The molecule has 0 fully saturated rings. The van der Waals surface area contributed by atoms with Crippen LogP contribution in [0.15, 0.2) is 42.5 Å². The molecule has 0 aliphatic heterocycles. The van der Waals surface area contributed by atoms with Gasteiger partial charge in [-0.2, -0.15) is 0 Å². The highest BCUT2D eigenvalue weighted by Gasteiger charge is 2.17. The van der Waals surface area contributed by atoms with Crippen LogP contribution < -0.4 is 0 Å². The fourth-order valence-corrected chi connectivity index (χ4v) is 4.73. The first-order valence-electron chi connectivity index (χ1n) is 10.8. The number of unbranched alkanes of at least 4 members (excludes halogenated alkanes) is 2. The maximum absolute atomic E-state index is 12.9. The van der Waals surface area contributed by atoms with Crippen molar-refractivity contribution in [1.82, 2.24) is 9.88 Å². The number of aryl methyl sites for hydroxylation is 1. The summed E-state index contributed by atoms with van der Waals surface area (Å²) < 4.78 is 0. The van der Waals surface area contributed by atoms with Crippen LogP contribution in [0.1, 0.15) is 60.7 Å². The Morgan fingerprint density at radius 1 is 1.00 bits per heavy atom. The Morgan fingerprint density at radius 2 is 1.69 bits per heavy atom. The van der Waals surface area contributed by atoms with Crippen LogP contribution in [-0.2, 0) is 17.6 Å². The van der Waals surface area contributed by atoms with Crippen LogP contribution in [0.3, 0.4) is 0 Å². The lowest BCUT2D eigenvalue weighted by Crippen LogP contribution is -2.34. The Bertz CT molecular complexity index is 934. The molecule has 0 saturated heterocycles. The number of hydrogen-bond acceptors (Lipinski definition) is 3. The van der Waals surface area contributed by atoms with Crippen LogP contribution in [-0.4, -0.2) is 28.9 Å². The van der Waals surface area contributed by atoms with Gasteiger partial charge >= 0.3 is 0 Å². The molecule has 2 aromatic carbocycles. The summed E-state index contributed by atoms with van der Waals surface area (Å²) in [4.78, 5) is 20.9. The number of carbonyl (C=O) groups is 1. The van der Waals surface area contributed by atoms with Crippen LogP contribution in [0, 0.1) is 6.92 Å². The second-order valence-corrected chi connectivity index (χ2v) is 8.86. The van der Waals surface area contributed by atoms with Crippen molar-refractivity contribution in [3.05, 3.63) is 63.6 Å². The van der Waals surface area contributed by atoms with Crippen molar-refractivity contribution in [2.75, 3.05) is 13.1 Å². The Labute approximate surface area is 178 Å². The molecular weight excluding hydrogens is 376 g/mol. The van der Waals surface area contributed by atoms with Crippen molar-refractivity contribution >= 4 is 28.0 Å². The molecule has 3 aromatic rings. The van der Waals surface area contributed by atoms with E-state index in [1.807, 2.05) is 6.92 Å². The van der Waals surface area contributed by atoms with E-state index in [0.717, 1.165) is 60.8 Å². The van der Waals surface area contributed by atoms with Gasteiger partial charge in [-0.3, -0.25) is 4.79 Å². The summed E-state index contributed by atoms with van der Waals surface area (Å²) in [5.74, 6) is 0.246. The highest BCUT2D eigenvalue weighted by molar-refractivity contribution is 7.11. The Balaban J connectivity index is 1.73. The molecule has 3 nitrogen and oxygen atoms in total. The molecule has 0 spiro atoms. The third-order valence-corrected chi connectivity index (χ3v) is 6.54. The molecule has 4 heteroatoms. The Kier molecular flexibility index (Phi) is 7.82. The van der Waals surface area contributed by atoms with E-state index in [1.165, 1.54) is 16.3 Å². The average molecular weight is 409 g/mol. The van der Waals surface area contributed by atoms with Crippen molar-refractivity contribution in [3.63, 3.8) is 0 Å². The molecule has 29 heavy (non-hydrogen) atoms. The Hall–Kier alpha value is -2.20. The first-order valence-corrected chi connectivity index (χ1v) is 11.6. The van der Waals surface area contributed by atoms with Crippen LogP contribution in [0.5, 0.6) is 0 Å². The fraction of sp³-hybridized carbons (Fsp3) is 0.440. The minimum atomic E-state index is 0.246. The number of carbonyl (C=O) groups excluding carboxylic acids is 1. The van der Waals surface area contributed by atoms with Gasteiger partial charge in [0, 0.05) is 24.4 Å². The maximum atomic E-state index is 12.9. The largest absolute Gasteiger partial charge is 0.342 e. The van der Waals surface area contributed by atoms with Crippen LogP contribution in [0.4, 0.5) is 0 Å². The number of nitrogens with zero attached hydrogens (tertiary/aromatic N) is 2. The summed E-state index contributed by atoms with van der Waals surface area (Å²) in [6, 6.07) is 14.9. The number of benzene rings is 2. The zero-order valence-electron chi connectivity index (χ0n) is 17.9. The molecular formula is C25H32N2OS. The van der Waals surface area contributed by atoms with Crippen molar-refractivity contribution in [1.29, 1.82) is 0 Å². The van der Waals surface area contributed by atoms with Crippen molar-refractivity contribution in [3.8, 4) is 0 Å². The normalized spacial score (nSPS) is 11.1. The predicted octanol–water partition coefficient (Wildman–Crippen LogP) is 6.17. The molecule has 1 heterocycles. The van der Waals surface area contributed by atoms with Crippen LogP contribution in [0.25, 0.3) is 10.8 Å². The standard InChI is InChI=1S/C25H32N2OS/c1-4-6-15-27(16-7-5-2)25(28)18-23-19(3)26-24(29-23)17-21-13-10-12-20-11-8-9-14-22(20)21/h8-14H,4-7,15-18H2,1-3H3. The van der Waals surface area contributed by atoms with Gasteiger partial charge in [-0.1, -0.05) is 69.2 Å². The topological polar surface area (TPSA) is 33.2 Å². The molecule has 154 valence electrons. The third-order valence-electron chi connectivity index (χ3n) is 5.39. The van der Waals surface area contributed by atoms with E-state index in [2.05, 4.69) is 61.2 Å². The molecule has 0 unspecified atom stereocenters. The first kappa shape index (κ1) is 21.5. The van der Waals surface area contributed by atoms with E-state index in [1.54, 1.807) is 11.3 Å². The van der Waals surface area contributed by atoms with E-state index >= 15 is 0 Å². The van der Waals surface area contributed by atoms with Gasteiger partial charge in [-0.15, -0.1) is 11.3 Å². The molecule has 1 amide bonds. The SMILES string of the molecule is CCCCN(CCCC)C(=O)Cc1sc(Cc2cccc3ccccc23)nc1C. The molecule has 0 N–H and O–H groups in total. The van der Waals surface area contributed by atoms with E-state index in [-0.39, 0.29) is 5.91 Å². The second-order valence-electron chi connectivity index (χ2n) is 7.70. The highest BCUT2D eigenvalue weighted by atomic mass is 32.1. The van der Waals surface area contributed by atoms with Gasteiger partial charge in [-0.25, -0.2) is 4.98 Å². The number of hydrogen-bond donors (Lipinski definition) is 0. The van der Waals surface area contributed by atoms with Gasteiger partial charge in [-0.05, 0) is 36.1 Å². The minimum absolute atomic E-state index is 0.246. The van der Waals surface area contributed by atoms with Gasteiger partial charge in [0.2, 0.25) is 5.91 Å². The molecule has 0 atom stereocenters. The summed E-state index contributed by atoms with van der Waals surface area (Å²) in [5.41, 5.74) is 2.30. The van der Waals surface area contributed by atoms with E-state index < -0.39 is 0 Å². The lowest BCUT2D eigenvalue weighted by atomic mass is 10.0. The summed E-state index contributed by atoms with van der Waals surface area (Å²) in [5, 5.41) is 3.64. The molecule has 3 rings (SSSR count).